The third kappa shape index (κ3) is 2.11. The van der Waals surface area contributed by atoms with Crippen molar-refractivity contribution < 1.29 is 4.79 Å². The Morgan fingerprint density at radius 3 is 2.15 bits per heavy atom. The van der Waals surface area contributed by atoms with E-state index in [0.29, 0.717) is 12.3 Å². The Morgan fingerprint density at radius 2 is 1.85 bits per heavy atom. The number of allylic oxidation sites excluding steroid dienone is 1. The van der Waals surface area contributed by atoms with Crippen LogP contribution in [-0.4, -0.2) is 5.91 Å². The van der Waals surface area contributed by atoms with Crippen LogP contribution in [0.1, 0.15) is 41.0 Å². The molecule has 0 fully saturated rings. The standard InChI is InChI=1S/C11H19NO/c1-7(2)10-8(11(3,4)5)6-9(13)12-10/h7H,6H2,1-5H3,(H,12,13). The van der Waals surface area contributed by atoms with Gasteiger partial charge in [-0.25, -0.2) is 0 Å². The summed E-state index contributed by atoms with van der Waals surface area (Å²) in [6, 6.07) is 0. The van der Waals surface area contributed by atoms with Crippen LogP contribution < -0.4 is 5.32 Å². The van der Waals surface area contributed by atoms with Crippen LogP contribution in [0.3, 0.4) is 0 Å². The molecule has 1 heterocycles. The van der Waals surface area contributed by atoms with Crippen molar-refractivity contribution in [1.29, 1.82) is 0 Å². The lowest BCUT2D eigenvalue weighted by atomic mass is 9.83. The molecule has 2 heteroatoms. The molecule has 1 aliphatic rings. The van der Waals surface area contributed by atoms with Crippen LogP contribution in [0.4, 0.5) is 0 Å². The topological polar surface area (TPSA) is 29.1 Å². The van der Waals surface area contributed by atoms with Crippen LogP contribution in [0.15, 0.2) is 11.3 Å². The number of nitrogens with one attached hydrogen (secondary N) is 1. The van der Waals surface area contributed by atoms with Gasteiger partial charge in [0.2, 0.25) is 5.91 Å². The highest BCUT2D eigenvalue weighted by Crippen LogP contribution is 2.35. The van der Waals surface area contributed by atoms with Gasteiger partial charge in [-0.05, 0) is 16.9 Å². The monoisotopic (exact) mass is 181 g/mol. The van der Waals surface area contributed by atoms with Gasteiger partial charge in [0.05, 0.1) is 6.42 Å². The smallest absolute Gasteiger partial charge is 0.228 e. The average Bonchev–Trinajstić information content (AvgIpc) is 2.29. The maximum absolute atomic E-state index is 11.3. The maximum atomic E-state index is 11.3. The van der Waals surface area contributed by atoms with Gasteiger partial charge in [0.1, 0.15) is 0 Å². The molecule has 1 amide bonds. The normalized spacial score (nSPS) is 18.5. The number of amides is 1. The van der Waals surface area contributed by atoms with Crippen LogP contribution in [0, 0.1) is 11.3 Å². The predicted molar refractivity (Wildman–Crippen MR) is 54.1 cm³/mol. The van der Waals surface area contributed by atoms with Crippen molar-refractivity contribution >= 4 is 5.91 Å². The van der Waals surface area contributed by atoms with Gasteiger partial charge < -0.3 is 5.32 Å². The molecule has 13 heavy (non-hydrogen) atoms. The lowest BCUT2D eigenvalue weighted by Crippen LogP contribution is -2.18. The van der Waals surface area contributed by atoms with Gasteiger partial charge in [0.15, 0.2) is 0 Å². The summed E-state index contributed by atoms with van der Waals surface area (Å²) >= 11 is 0. The molecule has 0 bridgehead atoms. The first-order chi connectivity index (χ1) is 5.82. The van der Waals surface area contributed by atoms with Crippen molar-refractivity contribution in [3.63, 3.8) is 0 Å². The third-order valence-electron chi connectivity index (χ3n) is 2.42. The lowest BCUT2D eigenvalue weighted by Gasteiger charge is -2.22. The molecular weight excluding hydrogens is 162 g/mol. The third-order valence-corrected chi connectivity index (χ3v) is 2.42. The Bertz CT molecular complexity index is 256. The highest BCUT2D eigenvalue weighted by Gasteiger charge is 2.30. The molecule has 0 saturated carbocycles. The molecule has 0 aromatic rings. The highest BCUT2D eigenvalue weighted by molar-refractivity contribution is 5.84. The van der Waals surface area contributed by atoms with Gasteiger partial charge in [-0.2, -0.15) is 0 Å². The quantitative estimate of drug-likeness (QED) is 0.661. The molecule has 0 unspecified atom stereocenters. The Hall–Kier alpha value is -0.790. The summed E-state index contributed by atoms with van der Waals surface area (Å²) in [5.41, 5.74) is 2.52. The lowest BCUT2D eigenvalue weighted by molar-refractivity contribution is -0.119. The van der Waals surface area contributed by atoms with E-state index in [9.17, 15) is 4.79 Å². The Morgan fingerprint density at radius 1 is 1.31 bits per heavy atom. The predicted octanol–water partition coefficient (Wildman–Crippen LogP) is 2.46. The zero-order chi connectivity index (χ0) is 10.2. The molecule has 1 N–H and O–H groups in total. The Balaban J connectivity index is 3.02. The van der Waals surface area contributed by atoms with E-state index in [1.165, 1.54) is 5.57 Å². The summed E-state index contributed by atoms with van der Waals surface area (Å²) in [5, 5.41) is 2.95. The minimum atomic E-state index is 0.110. The highest BCUT2D eigenvalue weighted by atomic mass is 16.1. The van der Waals surface area contributed by atoms with E-state index in [1.807, 2.05) is 0 Å². The van der Waals surface area contributed by atoms with Gasteiger partial charge in [0.25, 0.3) is 0 Å². The molecule has 0 saturated heterocycles. The minimum Gasteiger partial charge on any atom is -0.329 e. The zero-order valence-corrected chi connectivity index (χ0v) is 9.19. The SMILES string of the molecule is CC(C)C1=C(C(C)(C)C)CC(=O)N1. The fourth-order valence-corrected chi connectivity index (χ4v) is 1.69. The van der Waals surface area contributed by atoms with Crippen LogP contribution in [0.5, 0.6) is 0 Å². The van der Waals surface area contributed by atoms with Crippen LogP contribution in [-0.2, 0) is 4.79 Å². The van der Waals surface area contributed by atoms with Crippen molar-refractivity contribution in [3.05, 3.63) is 11.3 Å². The molecule has 1 rings (SSSR count). The minimum absolute atomic E-state index is 0.110. The van der Waals surface area contributed by atoms with Crippen molar-refractivity contribution in [2.24, 2.45) is 11.3 Å². The maximum Gasteiger partial charge on any atom is 0.228 e. The first-order valence-corrected chi connectivity index (χ1v) is 4.85. The van der Waals surface area contributed by atoms with E-state index >= 15 is 0 Å². The van der Waals surface area contributed by atoms with Gasteiger partial charge in [0, 0.05) is 5.70 Å². The summed E-state index contributed by atoms with van der Waals surface area (Å²) in [4.78, 5) is 11.3. The second-order valence-electron chi connectivity index (χ2n) is 5.02. The molecule has 74 valence electrons. The summed E-state index contributed by atoms with van der Waals surface area (Å²) in [6.45, 7) is 10.7. The number of carbonyl (C=O) groups is 1. The second kappa shape index (κ2) is 3.17. The molecule has 0 radical (unpaired) electrons. The van der Waals surface area contributed by atoms with Gasteiger partial charge >= 0.3 is 0 Å². The van der Waals surface area contributed by atoms with Crippen LogP contribution >= 0.6 is 0 Å². The van der Waals surface area contributed by atoms with Crippen molar-refractivity contribution in [3.8, 4) is 0 Å². The Labute approximate surface area is 80.4 Å². The largest absolute Gasteiger partial charge is 0.329 e. The first kappa shape index (κ1) is 10.3. The molecule has 0 aliphatic carbocycles. The van der Waals surface area contributed by atoms with Crippen LogP contribution in [0.25, 0.3) is 0 Å². The molecule has 0 spiro atoms. The molecule has 0 aromatic heterocycles. The van der Waals surface area contributed by atoms with E-state index in [-0.39, 0.29) is 11.3 Å². The fourth-order valence-electron chi connectivity index (χ4n) is 1.69. The number of hydrogen-bond acceptors (Lipinski definition) is 1. The number of carbonyl (C=O) groups excluding carboxylic acids is 1. The van der Waals surface area contributed by atoms with Gasteiger partial charge in [-0.1, -0.05) is 34.6 Å². The summed E-state index contributed by atoms with van der Waals surface area (Å²) in [6.07, 6.45) is 0.580. The summed E-state index contributed by atoms with van der Waals surface area (Å²) in [5.74, 6) is 0.564. The first-order valence-electron chi connectivity index (χ1n) is 4.85. The summed E-state index contributed by atoms with van der Waals surface area (Å²) in [7, 11) is 0. The molecule has 1 aliphatic heterocycles. The zero-order valence-electron chi connectivity index (χ0n) is 9.19. The molecular formula is C11H19NO. The van der Waals surface area contributed by atoms with E-state index < -0.39 is 0 Å². The molecule has 0 aromatic carbocycles. The van der Waals surface area contributed by atoms with Crippen LogP contribution in [0.2, 0.25) is 0 Å². The van der Waals surface area contributed by atoms with Gasteiger partial charge in [-0.3, -0.25) is 4.79 Å². The summed E-state index contributed by atoms with van der Waals surface area (Å²) < 4.78 is 0. The number of rotatable bonds is 1. The van der Waals surface area contributed by atoms with E-state index in [2.05, 4.69) is 39.9 Å². The van der Waals surface area contributed by atoms with Crippen molar-refractivity contribution in [2.45, 2.75) is 41.0 Å². The van der Waals surface area contributed by atoms with Gasteiger partial charge in [-0.15, -0.1) is 0 Å². The van der Waals surface area contributed by atoms with Crippen molar-refractivity contribution in [2.75, 3.05) is 0 Å². The van der Waals surface area contributed by atoms with Crippen molar-refractivity contribution in [1.82, 2.24) is 5.32 Å². The fraction of sp³-hybridized carbons (Fsp3) is 0.727. The molecule has 0 atom stereocenters. The second-order valence-corrected chi connectivity index (χ2v) is 5.02. The van der Waals surface area contributed by atoms with E-state index in [1.54, 1.807) is 0 Å². The van der Waals surface area contributed by atoms with E-state index in [4.69, 9.17) is 0 Å². The average molecular weight is 181 g/mol. The Kier molecular flexibility index (Phi) is 2.51. The van der Waals surface area contributed by atoms with E-state index in [0.717, 1.165) is 5.70 Å². The number of hydrogen-bond donors (Lipinski definition) is 1. The molecule has 2 nitrogen and oxygen atoms in total.